The Morgan fingerprint density at radius 1 is 1.24 bits per heavy atom. The van der Waals surface area contributed by atoms with Crippen LogP contribution in [0, 0.1) is 22.7 Å². The van der Waals surface area contributed by atoms with Crippen molar-refractivity contribution in [3.63, 3.8) is 0 Å². The number of ether oxygens (including phenoxy) is 2. The van der Waals surface area contributed by atoms with Crippen molar-refractivity contribution in [3.05, 3.63) is 35.6 Å². The maximum atomic E-state index is 9.69. The van der Waals surface area contributed by atoms with Gasteiger partial charge >= 0.3 is 0 Å². The van der Waals surface area contributed by atoms with Crippen LogP contribution in [0.2, 0.25) is 0 Å². The van der Waals surface area contributed by atoms with Gasteiger partial charge in [0.1, 0.15) is 18.7 Å². The molecule has 2 rings (SSSR count). The second-order valence-corrected chi connectivity index (χ2v) is 3.35. The van der Waals surface area contributed by atoms with Gasteiger partial charge < -0.3 is 14.6 Å². The van der Waals surface area contributed by atoms with Crippen molar-refractivity contribution in [2.75, 3.05) is 6.61 Å². The molecule has 0 bridgehead atoms. The van der Waals surface area contributed by atoms with Crippen LogP contribution >= 0.6 is 0 Å². The van der Waals surface area contributed by atoms with Gasteiger partial charge in [0.05, 0.1) is 0 Å². The van der Waals surface area contributed by atoms with Crippen LogP contribution in [-0.4, -0.2) is 17.8 Å². The zero-order valence-corrected chi connectivity index (χ0v) is 8.75. The van der Waals surface area contributed by atoms with E-state index in [2.05, 4.69) is 0 Å². The number of nitrogens with zero attached hydrogens (tertiary/aromatic N) is 2. The average Bonchev–Trinajstić information content (AvgIpc) is 2.39. The first-order chi connectivity index (χ1) is 8.26. The molecule has 1 aliphatic rings. The monoisotopic (exact) mass is 228 g/mol. The molecule has 84 valence electrons. The highest BCUT2D eigenvalue weighted by molar-refractivity contribution is 5.43. The molecule has 1 heterocycles. The largest absolute Gasteiger partial charge is 0.506 e. The molecule has 1 atom stereocenters. The van der Waals surface area contributed by atoms with E-state index in [1.807, 2.05) is 0 Å². The molecule has 0 saturated carbocycles. The number of hydrogen-bond acceptors (Lipinski definition) is 5. The summed E-state index contributed by atoms with van der Waals surface area (Å²) in [5, 5.41) is 27.0. The van der Waals surface area contributed by atoms with E-state index in [4.69, 9.17) is 20.0 Å². The number of hydrogen-bond donors (Lipinski definition) is 1. The van der Waals surface area contributed by atoms with E-state index in [0.29, 0.717) is 11.5 Å². The van der Waals surface area contributed by atoms with E-state index in [0.717, 1.165) is 0 Å². The van der Waals surface area contributed by atoms with Gasteiger partial charge in [-0.25, -0.2) is 0 Å². The first kappa shape index (κ1) is 10.8. The van der Waals surface area contributed by atoms with Crippen LogP contribution in [0.5, 0.6) is 11.5 Å². The van der Waals surface area contributed by atoms with Crippen LogP contribution in [0.3, 0.4) is 0 Å². The zero-order chi connectivity index (χ0) is 12.3. The van der Waals surface area contributed by atoms with Crippen LogP contribution in [-0.2, 0) is 0 Å². The molecule has 1 aromatic carbocycles. The fourth-order valence-corrected chi connectivity index (χ4v) is 1.45. The van der Waals surface area contributed by atoms with Gasteiger partial charge in [-0.1, -0.05) is 12.1 Å². The third-order valence-corrected chi connectivity index (χ3v) is 2.29. The fraction of sp³-hybridized carbons (Fsp3) is 0.167. The van der Waals surface area contributed by atoms with Crippen molar-refractivity contribution in [3.8, 4) is 23.6 Å². The predicted octanol–water partition coefficient (Wildman–Crippen LogP) is 1.69. The lowest BCUT2D eigenvalue weighted by molar-refractivity contribution is 0.0835. The Hall–Kier alpha value is -2.66. The number of allylic oxidation sites excluding steroid dienone is 1. The molecule has 17 heavy (non-hydrogen) atoms. The van der Waals surface area contributed by atoms with Gasteiger partial charge in [-0.3, -0.25) is 0 Å². The van der Waals surface area contributed by atoms with Crippen LogP contribution in [0.15, 0.2) is 35.6 Å². The summed E-state index contributed by atoms with van der Waals surface area (Å²) in [5.41, 5.74) is -0.363. The Morgan fingerprint density at radius 3 is 2.53 bits per heavy atom. The molecule has 1 aromatic rings. The Bertz CT molecular complexity index is 536. The summed E-state index contributed by atoms with van der Waals surface area (Å²) in [5.74, 6) is 0.655. The van der Waals surface area contributed by atoms with Crippen LogP contribution < -0.4 is 9.47 Å². The summed E-state index contributed by atoms with van der Waals surface area (Å²) in [6.07, 6.45) is -0.820. The second kappa shape index (κ2) is 4.46. The van der Waals surface area contributed by atoms with Crippen molar-refractivity contribution in [1.29, 1.82) is 10.5 Å². The number of para-hydroxylation sites is 2. The number of benzene rings is 1. The summed E-state index contributed by atoms with van der Waals surface area (Å²) >= 11 is 0. The van der Waals surface area contributed by atoms with Crippen molar-refractivity contribution in [1.82, 2.24) is 0 Å². The molecular formula is C12H8N2O3. The van der Waals surface area contributed by atoms with Crippen molar-refractivity contribution >= 4 is 0 Å². The smallest absolute Gasteiger partial charge is 0.191 e. The minimum absolute atomic E-state index is 0.0652. The minimum Gasteiger partial charge on any atom is -0.506 e. The van der Waals surface area contributed by atoms with Gasteiger partial charge in [-0.15, -0.1) is 0 Å². The lowest BCUT2D eigenvalue weighted by Crippen LogP contribution is -2.31. The third kappa shape index (κ3) is 1.99. The highest BCUT2D eigenvalue weighted by Gasteiger charge is 2.26. The molecule has 0 fully saturated rings. The summed E-state index contributed by atoms with van der Waals surface area (Å²) in [6.45, 7) is 0.0652. The number of aliphatic hydroxyl groups is 1. The van der Waals surface area contributed by atoms with E-state index < -0.39 is 11.9 Å². The van der Waals surface area contributed by atoms with Gasteiger partial charge in [-0.2, -0.15) is 10.5 Å². The molecule has 0 saturated heterocycles. The predicted molar refractivity (Wildman–Crippen MR) is 57.2 cm³/mol. The Morgan fingerprint density at radius 2 is 1.88 bits per heavy atom. The summed E-state index contributed by atoms with van der Waals surface area (Å²) in [6, 6.07) is 10.2. The highest BCUT2D eigenvalue weighted by Crippen LogP contribution is 2.32. The Labute approximate surface area is 97.7 Å². The summed E-state index contributed by atoms with van der Waals surface area (Å²) in [4.78, 5) is 0. The minimum atomic E-state index is -0.820. The molecule has 0 amide bonds. The summed E-state index contributed by atoms with van der Waals surface area (Å²) in [7, 11) is 0. The van der Waals surface area contributed by atoms with E-state index >= 15 is 0 Å². The van der Waals surface area contributed by atoms with E-state index in [1.165, 1.54) is 0 Å². The van der Waals surface area contributed by atoms with Gasteiger partial charge in [0.2, 0.25) is 0 Å². The number of rotatable bonds is 1. The van der Waals surface area contributed by atoms with Crippen LogP contribution in [0.4, 0.5) is 0 Å². The molecule has 0 spiro atoms. The molecule has 0 aromatic heterocycles. The van der Waals surface area contributed by atoms with E-state index in [9.17, 15) is 5.11 Å². The van der Waals surface area contributed by atoms with Crippen molar-refractivity contribution in [2.45, 2.75) is 6.10 Å². The molecule has 0 aliphatic carbocycles. The molecule has 1 unspecified atom stereocenters. The molecular weight excluding hydrogens is 220 g/mol. The van der Waals surface area contributed by atoms with Crippen molar-refractivity contribution in [2.24, 2.45) is 0 Å². The lowest BCUT2D eigenvalue weighted by Gasteiger charge is -2.25. The van der Waals surface area contributed by atoms with Gasteiger partial charge in [0.15, 0.2) is 28.9 Å². The molecule has 5 nitrogen and oxygen atoms in total. The quantitative estimate of drug-likeness (QED) is 0.583. The zero-order valence-electron chi connectivity index (χ0n) is 8.75. The van der Waals surface area contributed by atoms with E-state index in [1.54, 1.807) is 36.4 Å². The average molecular weight is 228 g/mol. The van der Waals surface area contributed by atoms with Gasteiger partial charge in [0.25, 0.3) is 0 Å². The SMILES string of the molecule is N#CC(C#N)=C(O)C1COc2ccccc2O1. The first-order valence-corrected chi connectivity index (χ1v) is 4.88. The highest BCUT2D eigenvalue weighted by atomic mass is 16.6. The van der Waals surface area contributed by atoms with Crippen LogP contribution in [0.25, 0.3) is 0 Å². The topological polar surface area (TPSA) is 86.3 Å². The fourth-order valence-electron chi connectivity index (χ4n) is 1.45. The number of fused-ring (bicyclic) bond motifs is 1. The van der Waals surface area contributed by atoms with Crippen molar-refractivity contribution < 1.29 is 14.6 Å². The van der Waals surface area contributed by atoms with Gasteiger partial charge in [0, 0.05) is 0 Å². The normalized spacial score (nSPS) is 16.5. The maximum Gasteiger partial charge on any atom is 0.191 e. The second-order valence-electron chi connectivity index (χ2n) is 3.35. The third-order valence-electron chi connectivity index (χ3n) is 2.29. The summed E-state index contributed by atoms with van der Waals surface area (Å²) < 4.78 is 10.8. The Kier molecular flexibility index (Phi) is 2.85. The molecule has 0 radical (unpaired) electrons. The molecule has 1 N–H and O–H groups in total. The number of nitriles is 2. The van der Waals surface area contributed by atoms with Crippen LogP contribution in [0.1, 0.15) is 0 Å². The Balaban J connectivity index is 2.28. The number of aliphatic hydroxyl groups excluding tert-OH is 1. The van der Waals surface area contributed by atoms with E-state index in [-0.39, 0.29) is 12.2 Å². The lowest BCUT2D eigenvalue weighted by atomic mass is 10.1. The molecule has 1 aliphatic heterocycles. The van der Waals surface area contributed by atoms with Gasteiger partial charge in [-0.05, 0) is 12.1 Å². The molecule has 5 heteroatoms. The maximum absolute atomic E-state index is 9.69. The first-order valence-electron chi connectivity index (χ1n) is 4.88. The standard InChI is InChI=1S/C12H8N2O3/c13-5-8(6-14)12(15)11-7-16-9-3-1-2-4-10(9)17-11/h1-4,11,15H,7H2.